The highest BCUT2D eigenvalue weighted by Crippen LogP contribution is 2.20. The van der Waals surface area contributed by atoms with Gasteiger partial charge < -0.3 is 10.3 Å². The van der Waals surface area contributed by atoms with Crippen molar-refractivity contribution in [1.29, 1.82) is 0 Å². The molecule has 3 N–H and O–H groups in total. The molecular formula is C17H21N5O2. The fraction of sp³-hybridized carbons (Fsp3) is 0.412. The number of carbonyl (C=O) groups is 2. The molecule has 3 rings (SSSR count). The number of aryl methyl sites for hydroxylation is 1. The molecule has 0 spiro atoms. The van der Waals surface area contributed by atoms with Crippen LogP contribution in [0.25, 0.3) is 11.0 Å². The van der Waals surface area contributed by atoms with Crippen LogP contribution in [0, 0.1) is 5.92 Å². The molecule has 0 saturated heterocycles. The van der Waals surface area contributed by atoms with Crippen LogP contribution in [0.2, 0.25) is 0 Å². The summed E-state index contributed by atoms with van der Waals surface area (Å²) in [7, 11) is 0. The summed E-state index contributed by atoms with van der Waals surface area (Å²) in [6.45, 7) is 4.16. The van der Waals surface area contributed by atoms with Gasteiger partial charge in [-0.25, -0.2) is 10.4 Å². The number of aromatic amines is 1. The van der Waals surface area contributed by atoms with E-state index in [1.165, 1.54) is 6.92 Å². The summed E-state index contributed by atoms with van der Waals surface area (Å²) in [5.41, 5.74) is 6.26. The monoisotopic (exact) mass is 327 g/mol. The van der Waals surface area contributed by atoms with Crippen molar-refractivity contribution in [2.45, 2.75) is 33.1 Å². The molecule has 2 heterocycles. The number of carbonyl (C=O) groups excluding carboxylic acids is 2. The van der Waals surface area contributed by atoms with Crippen LogP contribution in [0.15, 0.2) is 23.3 Å². The average molecular weight is 327 g/mol. The highest BCUT2D eigenvalue weighted by atomic mass is 16.2. The van der Waals surface area contributed by atoms with Gasteiger partial charge in [0.2, 0.25) is 11.8 Å². The minimum Gasteiger partial charge on any atom is -0.356 e. The number of nitrogens with zero attached hydrogens (tertiary/aromatic N) is 2. The van der Waals surface area contributed by atoms with E-state index in [9.17, 15) is 9.59 Å². The minimum atomic E-state index is -0.0476. The summed E-state index contributed by atoms with van der Waals surface area (Å²) in [5, 5.41) is 6.97. The topological polar surface area (TPSA) is 99.2 Å². The third-order valence-corrected chi connectivity index (χ3v) is 4.05. The molecule has 2 aromatic rings. The van der Waals surface area contributed by atoms with E-state index in [0.29, 0.717) is 13.0 Å². The molecule has 126 valence electrons. The van der Waals surface area contributed by atoms with E-state index in [2.05, 4.69) is 25.8 Å². The molecular weight excluding hydrogens is 306 g/mol. The van der Waals surface area contributed by atoms with E-state index in [-0.39, 0.29) is 17.7 Å². The summed E-state index contributed by atoms with van der Waals surface area (Å²) in [6.07, 6.45) is 2.06. The molecule has 0 radical (unpaired) electrons. The number of H-pyrrole nitrogens is 1. The quantitative estimate of drug-likeness (QED) is 0.726. The van der Waals surface area contributed by atoms with Gasteiger partial charge in [0.05, 0.1) is 16.7 Å². The lowest BCUT2D eigenvalue weighted by Crippen LogP contribution is -2.31. The zero-order valence-electron chi connectivity index (χ0n) is 13.8. The Labute approximate surface area is 139 Å². The van der Waals surface area contributed by atoms with Crippen molar-refractivity contribution in [2.24, 2.45) is 11.0 Å². The predicted molar refractivity (Wildman–Crippen MR) is 91.6 cm³/mol. The van der Waals surface area contributed by atoms with Crippen LogP contribution in [0.5, 0.6) is 0 Å². The summed E-state index contributed by atoms with van der Waals surface area (Å²) < 4.78 is 0. The molecule has 1 unspecified atom stereocenters. The second-order valence-electron chi connectivity index (χ2n) is 6.14. The van der Waals surface area contributed by atoms with E-state index in [1.807, 2.05) is 25.1 Å². The van der Waals surface area contributed by atoms with Gasteiger partial charge in [-0.15, -0.1) is 0 Å². The maximum Gasteiger partial charge on any atom is 0.240 e. The van der Waals surface area contributed by atoms with Crippen LogP contribution in [-0.2, 0) is 16.0 Å². The molecule has 24 heavy (non-hydrogen) atoms. The van der Waals surface area contributed by atoms with Crippen molar-refractivity contribution in [3.05, 3.63) is 29.6 Å². The molecule has 2 amide bonds. The summed E-state index contributed by atoms with van der Waals surface area (Å²) >= 11 is 0. The van der Waals surface area contributed by atoms with E-state index < -0.39 is 0 Å². The van der Waals surface area contributed by atoms with Crippen LogP contribution in [0.1, 0.15) is 38.1 Å². The van der Waals surface area contributed by atoms with Crippen LogP contribution in [0.4, 0.5) is 0 Å². The number of benzene rings is 1. The van der Waals surface area contributed by atoms with E-state index in [1.54, 1.807) is 0 Å². The average Bonchev–Trinajstić information content (AvgIpc) is 2.93. The van der Waals surface area contributed by atoms with Gasteiger partial charge in [0, 0.05) is 37.8 Å². The Morgan fingerprint density at radius 1 is 1.42 bits per heavy atom. The molecule has 0 saturated carbocycles. The normalized spacial score (nSPS) is 17.5. The minimum absolute atomic E-state index is 0.0151. The zero-order valence-corrected chi connectivity index (χ0v) is 13.8. The molecule has 1 atom stereocenters. The van der Waals surface area contributed by atoms with Crippen LogP contribution in [0.3, 0.4) is 0 Å². The van der Waals surface area contributed by atoms with Crippen molar-refractivity contribution >= 4 is 28.6 Å². The fourth-order valence-electron chi connectivity index (χ4n) is 2.86. The first kappa shape index (κ1) is 16.2. The Bertz CT molecular complexity index is 808. The van der Waals surface area contributed by atoms with Gasteiger partial charge in [0.1, 0.15) is 5.82 Å². The smallest absolute Gasteiger partial charge is 0.240 e. The van der Waals surface area contributed by atoms with Gasteiger partial charge >= 0.3 is 0 Å². The van der Waals surface area contributed by atoms with Crippen LogP contribution < -0.4 is 10.7 Å². The van der Waals surface area contributed by atoms with Gasteiger partial charge in [-0.05, 0) is 18.6 Å². The third kappa shape index (κ3) is 3.61. The number of hydrogen-bond donors (Lipinski definition) is 3. The van der Waals surface area contributed by atoms with Crippen molar-refractivity contribution in [3.63, 3.8) is 0 Å². The SMILES string of the molecule is CC(=O)NCCCc1nc2cc(C3=NNC(=O)CC3C)ccc2[nH]1. The number of hydrogen-bond acceptors (Lipinski definition) is 4. The van der Waals surface area contributed by atoms with E-state index in [4.69, 9.17) is 0 Å². The first-order chi connectivity index (χ1) is 11.5. The van der Waals surface area contributed by atoms with E-state index in [0.717, 1.165) is 41.0 Å². The predicted octanol–water partition coefficient (Wildman–Crippen LogP) is 1.49. The van der Waals surface area contributed by atoms with Crippen molar-refractivity contribution in [1.82, 2.24) is 20.7 Å². The lowest BCUT2D eigenvalue weighted by Gasteiger charge is -2.18. The lowest BCUT2D eigenvalue weighted by atomic mass is 9.94. The second kappa shape index (κ2) is 6.82. The van der Waals surface area contributed by atoms with Gasteiger partial charge in [-0.2, -0.15) is 5.10 Å². The van der Waals surface area contributed by atoms with Crippen LogP contribution in [-0.4, -0.2) is 34.0 Å². The molecule has 0 fully saturated rings. The summed E-state index contributed by atoms with van der Waals surface area (Å²) in [6, 6.07) is 5.98. The Balaban J connectivity index is 1.74. The van der Waals surface area contributed by atoms with Gasteiger partial charge in [0.15, 0.2) is 0 Å². The molecule has 7 nitrogen and oxygen atoms in total. The molecule has 0 aliphatic carbocycles. The molecule has 0 bridgehead atoms. The fourth-order valence-corrected chi connectivity index (χ4v) is 2.86. The summed E-state index contributed by atoms with van der Waals surface area (Å²) in [5.74, 6) is 0.930. The van der Waals surface area contributed by atoms with Crippen molar-refractivity contribution < 1.29 is 9.59 Å². The standard InChI is InChI=1S/C17H21N5O2/c1-10-8-16(24)21-22-17(10)12-5-6-13-14(9-12)20-15(19-13)4-3-7-18-11(2)23/h5-6,9-10H,3-4,7-8H2,1-2H3,(H,18,23)(H,19,20)(H,21,24). The number of rotatable bonds is 5. The first-order valence-electron chi connectivity index (χ1n) is 8.13. The van der Waals surface area contributed by atoms with Crippen LogP contribution >= 0.6 is 0 Å². The van der Waals surface area contributed by atoms with Gasteiger partial charge in [0.25, 0.3) is 0 Å². The Hall–Kier alpha value is -2.70. The Morgan fingerprint density at radius 3 is 3.00 bits per heavy atom. The van der Waals surface area contributed by atoms with E-state index >= 15 is 0 Å². The maximum absolute atomic E-state index is 11.4. The summed E-state index contributed by atoms with van der Waals surface area (Å²) in [4.78, 5) is 30.1. The highest BCUT2D eigenvalue weighted by Gasteiger charge is 2.21. The largest absolute Gasteiger partial charge is 0.356 e. The van der Waals surface area contributed by atoms with Crippen molar-refractivity contribution in [2.75, 3.05) is 6.54 Å². The second-order valence-corrected chi connectivity index (χ2v) is 6.14. The molecule has 7 heteroatoms. The Kier molecular flexibility index (Phi) is 4.59. The molecule has 1 aliphatic heterocycles. The third-order valence-electron chi connectivity index (χ3n) is 4.05. The Morgan fingerprint density at radius 2 is 2.25 bits per heavy atom. The van der Waals surface area contributed by atoms with Gasteiger partial charge in [-0.3, -0.25) is 9.59 Å². The lowest BCUT2D eigenvalue weighted by molar-refractivity contribution is -0.122. The molecule has 1 aromatic carbocycles. The number of imidazole rings is 1. The number of amides is 2. The number of fused-ring (bicyclic) bond motifs is 1. The molecule has 1 aliphatic rings. The maximum atomic E-state index is 11.4. The number of aromatic nitrogens is 2. The molecule has 1 aromatic heterocycles. The van der Waals surface area contributed by atoms with Gasteiger partial charge in [-0.1, -0.05) is 13.0 Å². The highest BCUT2D eigenvalue weighted by molar-refractivity contribution is 6.07. The van der Waals surface area contributed by atoms with Crippen molar-refractivity contribution in [3.8, 4) is 0 Å². The first-order valence-corrected chi connectivity index (χ1v) is 8.13. The number of nitrogens with one attached hydrogen (secondary N) is 3. The number of hydrazone groups is 1. The zero-order chi connectivity index (χ0) is 17.1.